The zero-order valence-corrected chi connectivity index (χ0v) is 13.2. The fourth-order valence-corrected chi connectivity index (χ4v) is 3.30. The molecule has 0 aromatic carbocycles. The van der Waals surface area contributed by atoms with E-state index in [0.717, 1.165) is 19.5 Å². The molecule has 0 spiro atoms. The highest BCUT2D eigenvalue weighted by Gasteiger charge is 2.21. The predicted octanol–water partition coefficient (Wildman–Crippen LogP) is 2.84. The Labute approximate surface area is 127 Å². The van der Waals surface area contributed by atoms with Crippen LogP contribution in [0.15, 0.2) is 24.7 Å². The lowest BCUT2D eigenvalue weighted by Crippen LogP contribution is -2.24. The Hall–Kier alpha value is -1.55. The largest absolute Gasteiger partial charge is 0.353 e. The summed E-state index contributed by atoms with van der Waals surface area (Å²) in [4.78, 5) is 0. The van der Waals surface area contributed by atoms with Crippen LogP contribution in [0.2, 0.25) is 0 Å². The van der Waals surface area contributed by atoms with Gasteiger partial charge in [-0.15, -0.1) is 0 Å². The summed E-state index contributed by atoms with van der Waals surface area (Å²) in [6.45, 7) is 4.38. The predicted molar refractivity (Wildman–Crippen MR) is 85.3 cm³/mol. The van der Waals surface area contributed by atoms with Crippen molar-refractivity contribution in [3.05, 3.63) is 41.5 Å². The Balaban J connectivity index is 1.68. The molecule has 1 atom stereocenters. The molecule has 0 saturated carbocycles. The molecule has 0 aliphatic heterocycles. The number of fused-ring (bicyclic) bond motifs is 1. The topological polar surface area (TPSA) is 34.8 Å². The quantitative estimate of drug-likeness (QED) is 0.886. The molecule has 1 N–H and O–H groups in total. The zero-order valence-electron chi connectivity index (χ0n) is 13.2. The summed E-state index contributed by atoms with van der Waals surface area (Å²) >= 11 is 0. The van der Waals surface area contributed by atoms with E-state index >= 15 is 0 Å². The molecule has 1 aliphatic rings. The number of nitrogens with zero attached hydrogens (tertiary/aromatic N) is 3. The third kappa shape index (κ3) is 3.21. The van der Waals surface area contributed by atoms with Crippen molar-refractivity contribution in [2.75, 3.05) is 6.54 Å². The summed E-state index contributed by atoms with van der Waals surface area (Å²) in [6, 6.07) is 2.67. The average Bonchev–Trinajstić information content (AvgIpc) is 3.08. The number of aromatic nitrogens is 3. The van der Waals surface area contributed by atoms with Crippen LogP contribution in [0.1, 0.15) is 49.0 Å². The van der Waals surface area contributed by atoms with Gasteiger partial charge in [0.05, 0.1) is 0 Å². The van der Waals surface area contributed by atoms with Gasteiger partial charge in [-0.1, -0.05) is 6.92 Å². The minimum absolute atomic E-state index is 0.562. The van der Waals surface area contributed by atoms with E-state index in [1.807, 2.05) is 17.9 Å². The first-order valence-corrected chi connectivity index (χ1v) is 8.16. The maximum absolute atomic E-state index is 4.24. The van der Waals surface area contributed by atoms with Gasteiger partial charge < -0.3 is 9.88 Å². The van der Waals surface area contributed by atoms with Gasteiger partial charge in [0, 0.05) is 50.3 Å². The smallest absolute Gasteiger partial charge is 0.0492 e. The number of hydrogen-bond donors (Lipinski definition) is 1. The normalized spacial score (nSPS) is 17.9. The zero-order chi connectivity index (χ0) is 14.7. The van der Waals surface area contributed by atoms with Gasteiger partial charge >= 0.3 is 0 Å². The van der Waals surface area contributed by atoms with E-state index < -0.39 is 0 Å². The molecule has 3 rings (SSSR count). The summed E-state index contributed by atoms with van der Waals surface area (Å²) in [6.07, 6.45) is 12.6. The lowest BCUT2D eigenvalue weighted by Gasteiger charge is -2.23. The molecule has 21 heavy (non-hydrogen) atoms. The second kappa shape index (κ2) is 6.48. The van der Waals surface area contributed by atoms with E-state index in [0.29, 0.717) is 6.04 Å². The molecule has 0 bridgehead atoms. The van der Waals surface area contributed by atoms with Gasteiger partial charge in [-0.05, 0) is 49.4 Å². The highest BCUT2D eigenvalue weighted by Crippen LogP contribution is 2.30. The summed E-state index contributed by atoms with van der Waals surface area (Å²) < 4.78 is 4.33. The Morgan fingerprint density at radius 1 is 1.38 bits per heavy atom. The molecule has 2 aromatic heterocycles. The minimum Gasteiger partial charge on any atom is -0.353 e. The third-order valence-electron chi connectivity index (χ3n) is 4.50. The fraction of sp³-hybridized carbons (Fsp3) is 0.588. The summed E-state index contributed by atoms with van der Waals surface area (Å²) in [7, 11) is 2.01. The molecule has 0 saturated heterocycles. The number of hydrogen-bond acceptors (Lipinski definition) is 2. The van der Waals surface area contributed by atoms with Crippen LogP contribution in [0.5, 0.6) is 0 Å². The van der Waals surface area contributed by atoms with Crippen molar-refractivity contribution in [1.29, 1.82) is 0 Å². The summed E-state index contributed by atoms with van der Waals surface area (Å²) in [5.74, 6) is 0. The van der Waals surface area contributed by atoms with Gasteiger partial charge in [-0.25, -0.2) is 0 Å². The van der Waals surface area contributed by atoms with Gasteiger partial charge in [0.25, 0.3) is 0 Å². The van der Waals surface area contributed by atoms with Crippen LogP contribution in [-0.2, 0) is 26.4 Å². The van der Waals surface area contributed by atoms with E-state index in [1.54, 1.807) is 5.56 Å². The average molecular weight is 286 g/mol. The Morgan fingerprint density at radius 3 is 3.05 bits per heavy atom. The molecular formula is C17H26N4. The molecule has 0 amide bonds. The van der Waals surface area contributed by atoms with Crippen LogP contribution in [0.3, 0.4) is 0 Å². The van der Waals surface area contributed by atoms with Crippen molar-refractivity contribution < 1.29 is 0 Å². The Morgan fingerprint density at radius 2 is 2.29 bits per heavy atom. The van der Waals surface area contributed by atoms with E-state index in [-0.39, 0.29) is 0 Å². The first-order valence-electron chi connectivity index (χ1n) is 8.16. The Kier molecular flexibility index (Phi) is 4.44. The number of rotatable bonds is 6. The van der Waals surface area contributed by atoms with Crippen molar-refractivity contribution in [1.82, 2.24) is 19.7 Å². The van der Waals surface area contributed by atoms with Crippen molar-refractivity contribution in [3.8, 4) is 0 Å². The third-order valence-corrected chi connectivity index (χ3v) is 4.50. The minimum atomic E-state index is 0.562. The lowest BCUT2D eigenvalue weighted by atomic mass is 9.91. The van der Waals surface area contributed by atoms with Crippen LogP contribution in [-0.4, -0.2) is 20.9 Å². The molecule has 1 unspecified atom stereocenters. The van der Waals surface area contributed by atoms with Crippen LogP contribution in [0, 0.1) is 0 Å². The Bertz CT molecular complexity index is 581. The van der Waals surface area contributed by atoms with Gasteiger partial charge in [-0.3, -0.25) is 4.68 Å². The molecule has 4 heteroatoms. The monoisotopic (exact) mass is 286 g/mol. The highest BCUT2D eigenvalue weighted by molar-refractivity contribution is 5.30. The van der Waals surface area contributed by atoms with Crippen LogP contribution >= 0.6 is 0 Å². The van der Waals surface area contributed by atoms with Crippen molar-refractivity contribution in [2.45, 2.75) is 51.6 Å². The van der Waals surface area contributed by atoms with E-state index in [4.69, 9.17) is 0 Å². The van der Waals surface area contributed by atoms with Crippen molar-refractivity contribution >= 4 is 0 Å². The molecule has 1 aliphatic carbocycles. The first kappa shape index (κ1) is 14.4. The molecule has 0 radical (unpaired) electrons. The van der Waals surface area contributed by atoms with E-state index in [2.05, 4.69) is 40.4 Å². The standard InChI is InChI=1S/C17H26N4/c1-3-9-18-17-6-4-5-14-12-21(13-16(14)17)11-8-15-7-10-19-20(15)2/h7,10,12-13,17-18H,3-6,8-9,11H2,1-2H3. The van der Waals surface area contributed by atoms with Gasteiger partial charge in [-0.2, -0.15) is 5.10 Å². The molecule has 2 heterocycles. The van der Waals surface area contributed by atoms with Gasteiger partial charge in [0.1, 0.15) is 0 Å². The van der Waals surface area contributed by atoms with Crippen LogP contribution < -0.4 is 5.32 Å². The number of aryl methyl sites for hydroxylation is 4. The fourth-order valence-electron chi connectivity index (χ4n) is 3.30. The van der Waals surface area contributed by atoms with E-state index in [9.17, 15) is 0 Å². The molecule has 0 fully saturated rings. The maximum Gasteiger partial charge on any atom is 0.0492 e. The SMILES string of the molecule is CCCNC1CCCc2cn(CCc3ccnn3C)cc21. The van der Waals surface area contributed by atoms with Gasteiger partial charge in [0.2, 0.25) is 0 Å². The second-order valence-electron chi connectivity index (χ2n) is 6.07. The van der Waals surface area contributed by atoms with Gasteiger partial charge in [0.15, 0.2) is 0 Å². The summed E-state index contributed by atoms with van der Waals surface area (Å²) in [5, 5.41) is 7.93. The molecule has 2 aromatic rings. The number of nitrogens with one attached hydrogen (secondary N) is 1. The second-order valence-corrected chi connectivity index (χ2v) is 6.07. The van der Waals surface area contributed by atoms with Crippen molar-refractivity contribution in [2.24, 2.45) is 7.05 Å². The molecular weight excluding hydrogens is 260 g/mol. The van der Waals surface area contributed by atoms with E-state index in [1.165, 1.54) is 36.9 Å². The highest BCUT2D eigenvalue weighted by atomic mass is 15.3. The molecule has 114 valence electrons. The summed E-state index contributed by atoms with van der Waals surface area (Å²) in [5.41, 5.74) is 4.36. The van der Waals surface area contributed by atoms with Crippen LogP contribution in [0.4, 0.5) is 0 Å². The molecule has 4 nitrogen and oxygen atoms in total. The lowest BCUT2D eigenvalue weighted by molar-refractivity contribution is 0.462. The first-order chi connectivity index (χ1) is 10.3. The van der Waals surface area contributed by atoms with Crippen molar-refractivity contribution in [3.63, 3.8) is 0 Å². The maximum atomic E-state index is 4.24. The van der Waals surface area contributed by atoms with Crippen LogP contribution in [0.25, 0.3) is 0 Å².